The van der Waals surface area contributed by atoms with Crippen LogP contribution in [0.1, 0.15) is 32.3 Å². The molecule has 1 rings (SSSR count). The van der Waals surface area contributed by atoms with Gasteiger partial charge in [-0.3, -0.25) is 0 Å². The normalized spacial score (nSPS) is 15.9. The maximum absolute atomic E-state index is 9.23. The first-order valence-corrected chi connectivity index (χ1v) is 5.99. The van der Waals surface area contributed by atoms with Crippen LogP contribution in [-0.4, -0.2) is 12.7 Å². The van der Waals surface area contributed by atoms with E-state index in [1.54, 1.807) is 0 Å². The summed E-state index contributed by atoms with van der Waals surface area (Å²) in [6.45, 7) is 4.35. The van der Waals surface area contributed by atoms with Gasteiger partial charge in [-0.25, -0.2) is 0 Å². The molecule has 0 heterocycles. The standard InChI is InChI=1S/C14H20N2O/c1-3-7-12(2)17-11-14(16,10-15)13-8-5-4-6-9-13/h4-6,8-9,12H,3,7,11,16H2,1-2H3. The van der Waals surface area contributed by atoms with Crippen LogP contribution in [0, 0.1) is 11.3 Å². The van der Waals surface area contributed by atoms with Crippen LogP contribution in [0.3, 0.4) is 0 Å². The Morgan fingerprint density at radius 1 is 1.41 bits per heavy atom. The molecule has 0 aliphatic rings. The SMILES string of the molecule is CCCC(C)OCC(N)(C#N)c1ccccc1. The summed E-state index contributed by atoms with van der Waals surface area (Å²) >= 11 is 0. The van der Waals surface area contributed by atoms with Crippen molar-refractivity contribution in [3.05, 3.63) is 35.9 Å². The van der Waals surface area contributed by atoms with E-state index in [-0.39, 0.29) is 12.7 Å². The van der Waals surface area contributed by atoms with Crippen LogP contribution in [0.25, 0.3) is 0 Å². The zero-order valence-electron chi connectivity index (χ0n) is 10.5. The summed E-state index contributed by atoms with van der Waals surface area (Å²) in [5.74, 6) is 0. The molecule has 0 aromatic heterocycles. The second kappa shape index (κ2) is 6.39. The summed E-state index contributed by atoms with van der Waals surface area (Å²) in [4.78, 5) is 0. The van der Waals surface area contributed by atoms with E-state index in [2.05, 4.69) is 13.0 Å². The van der Waals surface area contributed by atoms with E-state index in [9.17, 15) is 5.26 Å². The van der Waals surface area contributed by atoms with Gasteiger partial charge in [-0.05, 0) is 18.9 Å². The number of nitriles is 1. The first-order valence-electron chi connectivity index (χ1n) is 5.99. The first kappa shape index (κ1) is 13.7. The number of nitrogens with two attached hydrogens (primary N) is 1. The molecule has 3 nitrogen and oxygen atoms in total. The fraction of sp³-hybridized carbons (Fsp3) is 0.500. The van der Waals surface area contributed by atoms with Gasteiger partial charge in [0.05, 0.1) is 18.8 Å². The second-order valence-corrected chi connectivity index (χ2v) is 4.36. The molecule has 0 aliphatic carbocycles. The molecule has 2 N–H and O–H groups in total. The van der Waals surface area contributed by atoms with Gasteiger partial charge in [-0.2, -0.15) is 5.26 Å². The maximum Gasteiger partial charge on any atom is 0.153 e. The molecule has 0 saturated carbocycles. The highest BCUT2D eigenvalue weighted by molar-refractivity contribution is 5.30. The van der Waals surface area contributed by atoms with Gasteiger partial charge >= 0.3 is 0 Å². The van der Waals surface area contributed by atoms with Crippen molar-refractivity contribution in [2.24, 2.45) is 5.73 Å². The van der Waals surface area contributed by atoms with Crippen molar-refractivity contribution >= 4 is 0 Å². The number of rotatable bonds is 6. The van der Waals surface area contributed by atoms with Crippen LogP contribution in [0.2, 0.25) is 0 Å². The molecule has 17 heavy (non-hydrogen) atoms. The minimum Gasteiger partial charge on any atom is -0.375 e. The van der Waals surface area contributed by atoms with E-state index >= 15 is 0 Å². The quantitative estimate of drug-likeness (QED) is 0.820. The van der Waals surface area contributed by atoms with Crippen molar-refractivity contribution in [3.8, 4) is 6.07 Å². The van der Waals surface area contributed by atoms with E-state index in [0.29, 0.717) is 0 Å². The Bertz CT molecular complexity index is 372. The number of hydrogen-bond acceptors (Lipinski definition) is 3. The van der Waals surface area contributed by atoms with Crippen molar-refractivity contribution in [3.63, 3.8) is 0 Å². The Labute approximate surface area is 103 Å². The summed E-state index contributed by atoms with van der Waals surface area (Å²) in [6.07, 6.45) is 2.19. The van der Waals surface area contributed by atoms with Gasteiger partial charge < -0.3 is 10.5 Å². The minimum absolute atomic E-state index is 0.139. The Kier molecular flexibility index (Phi) is 5.14. The smallest absolute Gasteiger partial charge is 0.153 e. The number of benzene rings is 1. The third-order valence-electron chi connectivity index (χ3n) is 2.78. The highest BCUT2D eigenvalue weighted by atomic mass is 16.5. The van der Waals surface area contributed by atoms with Gasteiger partial charge in [0, 0.05) is 0 Å². The molecule has 92 valence electrons. The van der Waals surface area contributed by atoms with Gasteiger partial charge in [-0.1, -0.05) is 43.7 Å². The summed E-state index contributed by atoms with van der Waals surface area (Å²) in [7, 11) is 0. The first-order chi connectivity index (χ1) is 8.12. The molecule has 0 radical (unpaired) electrons. The van der Waals surface area contributed by atoms with Gasteiger partial charge in [-0.15, -0.1) is 0 Å². The van der Waals surface area contributed by atoms with E-state index in [1.807, 2.05) is 37.3 Å². The molecule has 2 unspecified atom stereocenters. The van der Waals surface area contributed by atoms with E-state index < -0.39 is 5.54 Å². The van der Waals surface area contributed by atoms with Gasteiger partial charge in [0.2, 0.25) is 0 Å². The molecule has 0 fully saturated rings. The molecule has 0 saturated heterocycles. The molecule has 0 aliphatic heterocycles. The molecule has 0 amide bonds. The van der Waals surface area contributed by atoms with Crippen molar-refractivity contribution in [2.75, 3.05) is 6.61 Å². The fourth-order valence-corrected chi connectivity index (χ4v) is 1.68. The molecule has 1 aromatic rings. The zero-order chi connectivity index (χ0) is 12.7. The number of ether oxygens (including phenoxy) is 1. The molecular formula is C14H20N2O. The van der Waals surface area contributed by atoms with Crippen molar-refractivity contribution < 1.29 is 4.74 Å². The van der Waals surface area contributed by atoms with Crippen LogP contribution in [0.15, 0.2) is 30.3 Å². The van der Waals surface area contributed by atoms with Crippen LogP contribution >= 0.6 is 0 Å². The molecule has 3 heteroatoms. The van der Waals surface area contributed by atoms with Gasteiger partial charge in [0.1, 0.15) is 0 Å². The predicted molar refractivity (Wildman–Crippen MR) is 68.2 cm³/mol. The van der Waals surface area contributed by atoms with Crippen LogP contribution in [0.5, 0.6) is 0 Å². The Morgan fingerprint density at radius 3 is 2.59 bits per heavy atom. The topological polar surface area (TPSA) is 59.0 Å². The largest absolute Gasteiger partial charge is 0.375 e. The Hall–Kier alpha value is -1.37. The Balaban J connectivity index is 2.68. The predicted octanol–water partition coefficient (Wildman–Crippen LogP) is 2.57. The van der Waals surface area contributed by atoms with Crippen molar-refractivity contribution in [1.29, 1.82) is 5.26 Å². The van der Waals surface area contributed by atoms with E-state index in [1.165, 1.54) is 0 Å². The maximum atomic E-state index is 9.23. The van der Waals surface area contributed by atoms with Crippen LogP contribution in [-0.2, 0) is 10.3 Å². The number of hydrogen-bond donors (Lipinski definition) is 1. The molecule has 1 aromatic carbocycles. The zero-order valence-corrected chi connectivity index (χ0v) is 10.5. The van der Waals surface area contributed by atoms with Crippen LogP contribution < -0.4 is 5.73 Å². The van der Waals surface area contributed by atoms with Crippen LogP contribution in [0.4, 0.5) is 0 Å². The van der Waals surface area contributed by atoms with Gasteiger partial charge in [0.25, 0.3) is 0 Å². The van der Waals surface area contributed by atoms with Gasteiger partial charge in [0.15, 0.2) is 5.54 Å². The lowest BCUT2D eigenvalue weighted by Gasteiger charge is -2.24. The second-order valence-electron chi connectivity index (χ2n) is 4.36. The fourth-order valence-electron chi connectivity index (χ4n) is 1.68. The van der Waals surface area contributed by atoms with E-state index in [0.717, 1.165) is 18.4 Å². The average Bonchev–Trinajstić information content (AvgIpc) is 2.37. The highest BCUT2D eigenvalue weighted by Crippen LogP contribution is 2.18. The summed E-state index contributed by atoms with van der Waals surface area (Å²) in [5, 5.41) is 9.23. The third kappa shape index (κ3) is 3.85. The summed E-state index contributed by atoms with van der Waals surface area (Å²) in [5.41, 5.74) is 5.82. The lowest BCUT2D eigenvalue weighted by molar-refractivity contribution is 0.0368. The average molecular weight is 232 g/mol. The van der Waals surface area contributed by atoms with E-state index in [4.69, 9.17) is 10.5 Å². The molecule has 0 spiro atoms. The molecule has 2 atom stereocenters. The minimum atomic E-state index is -1.05. The summed E-state index contributed by atoms with van der Waals surface area (Å²) in [6, 6.07) is 11.5. The monoisotopic (exact) mass is 232 g/mol. The van der Waals surface area contributed by atoms with Crippen molar-refractivity contribution in [1.82, 2.24) is 0 Å². The van der Waals surface area contributed by atoms with Crippen molar-refractivity contribution in [2.45, 2.75) is 38.3 Å². The third-order valence-corrected chi connectivity index (χ3v) is 2.78. The summed E-state index contributed by atoms with van der Waals surface area (Å²) < 4.78 is 5.65. The highest BCUT2D eigenvalue weighted by Gasteiger charge is 2.28. The molecular weight excluding hydrogens is 212 g/mol. The number of nitrogens with zero attached hydrogens (tertiary/aromatic N) is 1. The lowest BCUT2D eigenvalue weighted by Crippen LogP contribution is -2.41. The molecule has 0 bridgehead atoms. The Morgan fingerprint density at radius 2 is 2.06 bits per heavy atom. The lowest BCUT2D eigenvalue weighted by atomic mass is 9.93.